The molecule has 0 unspecified atom stereocenters. The van der Waals surface area contributed by atoms with E-state index in [1.54, 1.807) is 0 Å². The van der Waals surface area contributed by atoms with Gasteiger partial charge in [0.05, 0.1) is 17.6 Å². The van der Waals surface area contributed by atoms with Gasteiger partial charge in [0.15, 0.2) is 0 Å². The number of hydrogen-bond donors (Lipinski definition) is 1. The predicted octanol–water partition coefficient (Wildman–Crippen LogP) is 2.67. The lowest BCUT2D eigenvalue weighted by atomic mass is 10.2. The van der Waals surface area contributed by atoms with Crippen LogP contribution in [0.3, 0.4) is 0 Å². The molecule has 0 aliphatic rings. The van der Waals surface area contributed by atoms with E-state index in [0.717, 1.165) is 5.56 Å². The van der Waals surface area contributed by atoms with Crippen molar-refractivity contribution in [2.24, 2.45) is 5.73 Å². The Bertz CT molecular complexity index is 857. The summed E-state index contributed by atoms with van der Waals surface area (Å²) in [6.07, 6.45) is 0.493. The van der Waals surface area contributed by atoms with Gasteiger partial charge in [0.2, 0.25) is 10.0 Å². The standard InChI is InChI=1S/C18H21ClN2O4S/c1-25-18(22)16-12-15(19)8-9-17(16)26(23,24)21(11-5-10-20)13-14-6-3-2-4-7-14/h2-4,6-9,12H,5,10-11,13,20H2,1H3. The van der Waals surface area contributed by atoms with Crippen LogP contribution in [-0.4, -0.2) is 38.9 Å². The van der Waals surface area contributed by atoms with Crippen LogP contribution in [0.5, 0.6) is 0 Å². The fraction of sp³-hybridized carbons (Fsp3) is 0.278. The molecule has 2 aromatic carbocycles. The maximum Gasteiger partial charge on any atom is 0.339 e. The van der Waals surface area contributed by atoms with E-state index in [1.807, 2.05) is 30.3 Å². The zero-order chi connectivity index (χ0) is 19.2. The molecule has 0 saturated heterocycles. The number of benzene rings is 2. The van der Waals surface area contributed by atoms with Gasteiger partial charge in [0.25, 0.3) is 0 Å². The topological polar surface area (TPSA) is 89.7 Å². The molecule has 0 atom stereocenters. The molecule has 0 fully saturated rings. The summed E-state index contributed by atoms with van der Waals surface area (Å²) < 4.78 is 32.5. The first-order chi connectivity index (χ1) is 12.4. The molecule has 0 aliphatic carbocycles. The second kappa shape index (κ2) is 9.14. The molecule has 0 spiro atoms. The summed E-state index contributed by atoms with van der Waals surface area (Å²) in [4.78, 5) is 11.9. The van der Waals surface area contributed by atoms with Gasteiger partial charge in [-0.2, -0.15) is 4.31 Å². The number of carbonyl (C=O) groups excluding carboxylic acids is 1. The summed E-state index contributed by atoms with van der Waals surface area (Å²) in [5, 5.41) is 0.251. The minimum atomic E-state index is -3.96. The van der Waals surface area contributed by atoms with Crippen LogP contribution >= 0.6 is 11.6 Å². The monoisotopic (exact) mass is 396 g/mol. The van der Waals surface area contributed by atoms with E-state index >= 15 is 0 Å². The molecule has 0 saturated carbocycles. The molecule has 26 heavy (non-hydrogen) atoms. The lowest BCUT2D eigenvalue weighted by Crippen LogP contribution is -2.33. The first-order valence-corrected chi connectivity index (χ1v) is 9.84. The Kier molecular flexibility index (Phi) is 7.16. The summed E-state index contributed by atoms with van der Waals surface area (Å²) in [5.41, 5.74) is 6.30. The number of carbonyl (C=O) groups is 1. The predicted molar refractivity (Wildman–Crippen MR) is 101 cm³/mol. The number of rotatable bonds is 8. The van der Waals surface area contributed by atoms with Crippen molar-refractivity contribution in [3.05, 3.63) is 64.7 Å². The third kappa shape index (κ3) is 4.82. The Morgan fingerprint density at radius 3 is 2.50 bits per heavy atom. The van der Waals surface area contributed by atoms with Crippen molar-refractivity contribution in [3.8, 4) is 0 Å². The molecule has 2 rings (SSSR count). The highest BCUT2D eigenvalue weighted by Gasteiger charge is 2.29. The largest absolute Gasteiger partial charge is 0.465 e. The number of ether oxygens (including phenoxy) is 1. The van der Waals surface area contributed by atoms with Crippen molar-refractivity contribution in [1.82, 2.24) is 4.31 Å². The van der Waals surface area contributed by atoms with E-state index in [0.29, 0.717) is 13.0 Å². The molecule has 140 valence electrons. The van der Waals surface area contributed by atoms with Crippen LogP contribution in [0, 0.1) is 0 Å². The molecule has 2 aromatic rings. The minimum Gasteiger partial charge on any atom is -0.465 e. The van der Waals surface area contributed by atoms with Gasteiger partial charge in [-0.05, 0) is 36.7 Å². The van der Waals surface area contributed by atoms with Crippen LogP contribution in [0.15, 0.2) is 53.4 Å². The summed E-state index contributed by atoms with van der Waals surface area (Å²) >= 11 is 5.93. The Balaban J connectivity index is 2.47. The van der Waals surface area contributed by atoms with Crippen LogP contribution < -0.4 is 5.73 Å². The van der Waals surface area contributed by atoms with Gasteiger partial charge in [0, 0.05) is 18.1 Å². The number of hydrogen-bond acceptors (Lipinski definition) is 5. The van der Waals surface area contributed by atoms with Gasteiger partial charge in [-0.25, -0.2) is 13.2 Å². The van der Waals surface area contributed by atoms with E-state index in [9.17, 15) is 13.2 Å². The maximum absolute atomic E-state index is 13.2. The van der Waals surface area contributed by atoms with Crippen molar-refractivity contribution >= 4 is 27.6 Å². The number of esters is 1. The minimum absolute atomic E-state index is 0.0918. The Morgan fingerprint density at radius 1 is 1.19 bits per heavy atom. The number of nitrogens with two attached hydrogens (primary N) is 1. The van der Waals surface area contributed by atoms with Crippen molar-refractivity contribution < 1.29 is 17.9 Å². The van der Waals surface area contributed by atoms with Gasteiger partial charge in [0.1, 0.15) is 0 Å². The lowest BCUT2D eigenvalue weighted by molar-refractivity contribution is 0.0596. The first-order valence-electron chi connectivity index (χ1n) is 8.02. The molecule has 6 nitrogen and oxygen atoms in total. The van der Waals surface area contributed by atoms with E-state index < -0.39 is 16.0 Å². The second-order valence-electron chi connectivity index (χ2n) is 5.60. The molecule has 8 heteroatoms. The molecule has 0 aromatic heterocycles. The summed E-state index contributed by atoms with van der Waals surface area (Å²) in [6, 6.07) is 13.3. The normalized spacial score (nSPS) is 11.5. The van der Waals surface area contributed by atoms with Crippen molar-refractivity contribution in [3.63, 3.8) is 0 Å². The van der Waals surface area contributed by atoms with E-state index in [-0.39, 0.29) is 28.6 Å². The molecular formula is C18H21ClN2O4S. The number of halogens is 1. The Hall–Kier alpha value is -1.93. The van der Waals surface area contributed by atoms with E-state index in [1.165, 1.54) is 29.6 Å². The average Bonchev–Trinajstić information content (AvgIpc) is 2.64. The van der Waals surface area contributed by atoms with Crippen LogP contribution in [0.4, 0.5) is 0 Å². The molecule has 2 N–H and O–H groups in total. The number of sulfonamides is 1. The van der Waals surface area contributed by atoms with Crippen molar-refractivity contribution in [1.29, 1.82) is 0 Å². The Morgan fingerprint density at radius 2 is 1.88 bits per heavy atom. The fourth-order valence-corrected chi connectivity index (χ4v) is 4.27. The highest BCUT2D eigenvalue weighted by atomic mass is 35.5. The number of nitrogens with zero attached hydrogens (tertiary/aromatic N) is 1. The van der Waals surface area contributed by atoms with Gasteiger partial charge in [-0.1, -0.05) is 41.9 Å². The van der Waals surface area contributed by atoms with Gasteiger partial charge in [-0.3, -0.25) is 0 Å². The third-order valence-electron chi connectivity index (χ3n) is 3.78. The van der Waals surface area contributed by atoms with Crippen LogP contribution in [-0.2, 0) is 21.3 Å². The van der Waals surface area contributed by atoms with Crippen molar-refractivity contribution in [2.45, 2.75) is 17.9 Å². The first kappa shape index (κ1) is 20.4. The van der Waals surface area contributed by atoms with Gasteiger partial charge in [-0.15, -0.1) is 0 Å². The fourth-order valence-electron chi connectivity index (χ4n) is 2.47. The quantitative estimate of drug-likeness (QED) is 0.693. The zero-order valence-electron chi connectivity index (χ0n) is 14.4. The van der Waals surface area contributed by atoms with E-state index in [2.05, 4.69) is 0 Å². The molecule has 0 heterocycles. The smallest absolute Gasteiger partial charge is 0.339 e. The number of methoxy groups -OCH3 is 1. The zero-order valence-corrected chi connectivity index (χ0v) is 16.0. The molecule has 0 radical (unpaired) electrons. The summed E-state index contributed by atoms with van der Waals surface area (Å²) in [5.74, 6) is -0.760. The summed E-state index contributed by atoms with van der Waals surface area (Å²) in [6.45, 7) is 0.759. The molecule has 0 amide bonds. The lowest BCUT2D eigenvalue weighted by Gasteiger charge is -2.23. The van der Waals surface area contributed by atoms with E-state index in [4.69, 9.17) is 22.1 Å². The van der Waals surface area contributed by atoms with Gasteiger partial charge < -0.3 is 10.5 Å². The molecule has 0 bridgehead atoms. The highest BCUT2D eigenvalue weighted by molar-refractivity contribution is 7.89. The van der Waals surface area contributed by atoms with Crippen LogP contribution in [0.25, 0.3) is 0 Å². The Labute approximate surface area is 158 Å². The second-order valence-corrected chi connectivity index (χ2v) is 7.94. The maximum atomic E-state index is 13.2. The molecular weight excluding hydrogens is 376 g/mol. The highest BCUT2D eigenvalue weighted by Crippen LogP contribution is 2.26. The third-order valence-corrected chi connectivity index (χ3v) is 5.92. The summed E-state index contributed by atoms with van der Waals surface area (Å²) in [7, 11) is -2.77. The van der Waals surface area contributed by atoms with Crippen LogP contribution in [0.2, 0.25) is 5.02 Å². The van der Waals surface area contributed by atoms with Crippen LogP contribution in [0.1, 0.15) is 22.3 Å². The SMILES string of the molecule is COC(=O)c1cc(Cl)ccc1S(=O)(=O)N(CCCN)Cc1ccccc1. The van der Waals surface area contributed by atoms with Gasteiger partial charge >= 0.3 is 5.97 Å². The average molecular weight is 397 g/mol. The molecule has 0 aliphatic heterocycles. The van der Waals surface area contributed by atoms with Crippen molar-refractivity contribution in [2.75, 3.05) is 20.2 Å².